The number of rotatable bonds is 7. The Bertz CT molecular complexity index is 566. The van der Waals surface area contributed by atoms with E-state index < -0.39 is 28.5 Å². The predicted octanol–water partition coefficient (Wildman–Crippen LogP) is 1.01. The second-order valence-corrected chi connectivity index (χ2v) is 4.67. The van der Waals surface area contributed by atoms with Crippen LogP contribution in [0.2, 0.25) is 0 Å². The topological polar surface area (TPSA) is 127 Å². The van der Waals surface area contributed by atoms with E-state index in [0.717, 1.165) is 11.1 Å². The summed E-state index contributed by atoms with van der Waals surface area (Å²) >= 11 is 0. The van der Waals surface area contributed by atoms with Gasteiger partial charge < -0.3 is 10.4 Å². The van der Waals surface area contributed by atoms with Crippen LogP contribution in [0.25, 0.3) is 0 Å². The Kier molecular flexibility index (Phi) is 5.39. The van der Waals surface area contributed by atoms with E-state index in [-0.39, 0.29) is 17.8 Å². The number of aromatic nitrogens is 2. The normalized spacial score (nSPS) is 12.0. The Labute approximate surface area is 121 Å². The monoisotopic (exact) mass is 298 g/mol. The Morgan fingerprint density at radius 3 is 2.62 bits per heavy atom. The van der Waals surface area contributed by atoms with E-state index in [1.807, 2.05) is 6.92 Å². The Morgan fingerprint density at radius 1 is 1.52 bits per heavy atom. The Balaban J connectivity index is 3.03. The average Bonchev–Trinajstić information content (AvgIpc) is 2.68. The molecule has 1 aromatic heterocycles. The standard InChI is InChI=1S/C12H18N4O5/c1-4-5-6-8(12(18)19)13-11(17)10-9(16(20)21)7(2)14-15(10)3/h8H,4-6H2,1-3H3,(H,13,17)(H,18,19). The van der Waals surface area contributed by atoms with Crippen LogP contribution in [-0.2, 0) is 11.8 Å². The maximum atomic E-state index is 12.1. The molecule has 1 heterocycles. The molecule has 0 saturated heterocycles. The van der Waals surface area contributed by atoms with Crippen LogP contribution < -0.4 is 5.32 Å². The molecule has 9 nitrogen and oxygen atoms in total. The Hall–Kier alpha value is -2.45. The largest absolute Gasteiger partial charge is 0.480 e. The lowest BCUT2D eigenvalue weighted by molar-refractivity contribution is -0.385. The van der Waals surface area contributed by atoms with Crippen LogP contribution in [0.4, 0.5) is 5.69 Å². The van der Waals surface area contributed by atoms with Crippen molar-refractivity contribution < 1.29 is 19.6 Å². The summed E-state index contributed by atoms with van der Waals surface area (Å²) in [5.74, 6) is -1.98. The summed E-state index contributed by atoms with van der Waals surface area (Å²) < 4.78 is 1.08. The van der Waals surface area contributed by atoms with Crippen molar-refractivity contribution in [3.8, 4) is 0 Å². The van der Waals surface area contributed by atoms with E-state index in [1.165, 1.54) is 14.0 Å². The highest BCUT2D eigenvalue weighted by molar-refractivity contribution is 5.98. The molecule has 0 saturated carbocycles. The van der Waals surface area contributed by atoms with Gasteiger partial charge in [-0.2, -0.15) is 5.10 Å². The van der Waals surface area contributed by atoms with Gasteiger partial charge in [-0.05, 0) is 13.3 Å². The third kappa shape index (κ3) is 3.77. The van der Waals surface area contributed by atoms with Crippen molar-refractivity contribution in [2.45, 2.75) is 39.2 Å². The molecule has 0 bridgehead atoms. The summed E-state index contributed by atoms with van der Waals surface area (Å²) in [6.45, 7) is 3.32. The molecule has 1 rings (SSSR count). The van der Waals surface area contributed by atoms with E-state index in [4.69, 9.17) is 5.11 Å². The van der Waals surface area contributed by atoms with Crippen LogP contribution in [0.1, 0.15) is 42.4 Å². The molecule has 0 aromatic carbocycles. The van der Waals surface area contributed by atoms with E-state index >= 15 is 0 Å². The number of carbonyl (C=O) groups is 2. The van der Waals surface area contributed by atoms with Crippen LogP contribution in [0.3, 0.4) is 0 Å². The lowest BCUT2D eigenvalue weighted by Gasteiger charge is -2.13. The molecular formula is C12H18N4O5. The third-order valence-electron chi connectivity index (χ3n) is 3.04. The number of nitro groups is 1. The first kappa shape index (κ1) is 16.6. The summed E-state index contributed by atoms with van der Waals surface area (Å²) in [5.41, 5.74) is -0.553. The molecular weight excluding hydrogens is 280 g/mol. The number of hydrogen-bond donors (Lipinski definition) is 2. The van der Waals surface area contributed by atoms with Gasteiger partial charge >= 0.3 is 11.7 Å². The van der Waals surface area contributed by atoms with E-state index in [2.05, 4.69) is 10.4 Å². The molecule has 1 amide bonds. The maximum absolute atomic E-state index is 12.1. The van der Waals surface area contributed by atoms with Gasteiger partial charge in [0.15, 0.2) is 0 Å². The fraction of sp³-hybridized carbons (Fsp3) is 0.583. The fourth-order valence-corrected chi connectivity index (χ4v) is 2.01. The third-order valence-corrected chi connectivity index (χ3v) is 3.04. The quantitative estimate of drug-likeness (QED) is 0.571. The van der Waals surface area contributed by atoms with E-state index in [9.17, 15) is 19.7 Å². The molecule has 0 fully saturated rings. The van der Waals surface area contributed by atoms with E-state index in [0.29, 0.717) is 6.42 Å². The highest BCUT2D eigenvalue weighted by Gasteiger charge is 2.31. The van der Waals surface area contributed by atoms with Gasteiger partial charge in [-0.15, -0.1) is 0 Å². The molecule has 1 atom stereocenters. The number of aliphatic carboxylic acids is 1. The van der Waals surface area contributed by atoms with Gasteiger partial charge in [0.1, 0.15) is 11.7 Å². The summed E-state index contributed by atoms with van der Waals surface area (Å²) in [6, 6.07) is -1.08. The van der Waals surface area contributed by atoms with Gasteiger partial charge in [0.05, 0.1) is 4.92 Å². The van der Waals surface area contributed by atoms with Crippen LogP contribution in [-0.4, -0.2) is 37.7 Å². The van der Waals surface area contributed by atoms with Crippen molar-refractivity contribution in [3.05, 3.63) is 21.5 Å². The number of carbonyl (C=O) groups excluding carboxylic acids is 1. The summed E-state index contributed by atoms with van der Waals surface area (Å²) in [6.07, 6.45) is 1.68. The van der Waals surface area contributed by atoms with Crippen molar-refractivity contribution in [3.63, 3.8) is 0 Å². The first-order valence-corrected chi connectivity index (χ1v) is 6.51. The molecule has 0 aliphatic rings. The zero-order chi connectivity index (χ0) is 16.2. The minimum absolute atomic E-state index is 0.105. The number of carboxylic acid groups (broad SMARTS) is 1. The Morgan fingerprint density at radius 2 is 2.14 bits per heavy atom. The zero-order valence-electron chi connectivity index (χ0n) is 12.1. The highest BCUT2D eigenvalue weighted by Crippen LogP contribution is 2.22. The summed E-state index contributed by atoms with van der Waals surface area (Å²) in [4.78, 5) is 33.6. The van der Waals surface area contributed by atoms with Gasteiger partial charge in [0.2, 0.25) is 5.69 Å². The highest BCUT2D eigenvalue weighted by atomic mass is 16.6. The van der Waals surface area contributed by atoms with E-state index in [1.54, 1.807) is 0 Å². The predicted molar refractivity (Wildman–Crippen MR) is 73.0 cm³/mol. The van der Waals surface area contributed by atoms with Crippen molar-refractivity contribution >= 4 is 17.6 Å². The van der Waals surface area contributed by atoms with Gasteiger partial charge in [0.25, 0.3) is 5.91 Å². The number of nitrogens with zero attached hydrogens (tertiary/aromatic N) is 3. The van der Waals surface area contributed by atoms with Crippen molar-refractivity contribution in [2.75, 3.05) is 0 Å². The number of unbranched alkanes of at least 4 members (excludes halogenated alkanes) is 1. The molecule has 0 aliphatic heterocycles. The molecule has 0 radical (unpaired) electrons. The second kappa shape index (κ2) is 6.82. The molecule has 1 aromatic rings. The number of amides is 1. The smallest absolute Gasteiger partial charge is 0.326 e. The molecule has 9 heteroatoms. The van der Waals surface area contributed by atoms with Gasteiger partial charge in [-0.3, -0.25) is 19.6 Å². The lowest BCUT2D eigenvalue weighted by atomic mass is 10.1. The summed E-state index contributed by atoms with van der Waals surface area (Å²) in [7, 11) is 1.40. The SMILES string of the molecule is CCCCC(NC(=O)c1c([N+](=O)[O-])c(C)nn1C)C(=O)O. The molecule has 0 aliphatic carbocycles. The maximum Gasteiger partial charge on any atom is 0.326 e. The number of hydrogen-bond acceptors (Lipinski definition) is 5. The van der Waals surface area contributed by atoms with Gasteiger partial charge in [0, 0.05) is 7.05 Å². The lowest BCUT2D eigenvalue weighted by Crippen LogP contribution is -2.41. The van der Waals surface area contributed by atoms with Crippen molar-refractivity contribution in [1.29, 1.82) is 0 Å². The molecule has 1 unspecified atom stereocenters. The minimum Gasteiger partial charge on any atom is -0.480 e. The van der Waals surface area contributed by atoms with Crippen molar-refractivity contribution in [1.82, 2.24) is 15.1 Å². The van der Waals surface area contributed by atoms with Crippen LogP contribution in [0, 0.1) is 17.0 Å². The van der Waals surface area contributed by atoms with Crippen molar-refractivity contribution in [2.24, 2.45) is 7.05 Å². The molecule has 0 spiro atoms. The van der Waals surface area contributed by atoms with Crippen LogP contribution >= 0.6 is 0 Å². The number of aryl methyl sites for hydroxylation is 2. The molecule has 2 N–H and O–H groups in total. The first-order chi connectivity index (χ1) is 9.79. The molecule has 116 valence electrons. The second-order valence-electron chi connectivity index (χ2n) is 4.67. The zero-order valence-corrected chi connectivity index (χ0v) is 12.1. The number of carboxylic acids is 1. The minimum atomic E-state index is -1.17. The average molecular weight is 298 g/mol. The first-order valence-electron chi connectivity index (χ1n) is 6.51. The number of nitrogens with one attached hydrogen (secondary N) is 1. The van der Waals surface area contributed by atoms with Gasteiger partial charge in [-0.1, -0.05) is 19.8 Å². The summed E-state index contributed by atoms with van der Waals surface area (Å²) in [5, 5.41) is 26.2. The van der Waals surface area contributed by atoms with Crippen LogP contribution in [0.15, 0.2) is 0 Å². The van der Waals surface area contributed by atoms with Gasteiger partial charge in [-0.25, -0.2) is 4.79 Å². The van der Waals surface area contributed by atoms with Crippen LogP contribution in [0.5, 0.6) is 0 Å². The fourth-order valence-electron chi connectivity index (χ4n) is 2.01. The molecule has 21 heavy (non-hydrogen) atoms.